The zero-order valence-electron chi connectivity index (χ0n) is 9.71. The molecule has 0 fully saturated rings. The highest BCUT2D eigenvalue weighted by atomic mass is 16.4. The van der Waals surface area contributed by atoms with Crippen molar-refractivity contribution >= 4 is 5.91 Å². The first-order valence-corrected chi connectivity index (χ1v) is 5.54. The number of aryl methyl sites for hydroxylation is 1. The number of carbonyl (C=O) groups excluding carboxylic acids is 1. The van der Waals surface area contributed by atoms with Gasteiger partial charge in [0.1, 0.15) is 11.3 Å². The molecule has 0 aliphatic heterocycles. The van der Waals surface area contributed by atoms with E-state index < -0.39 is 11.5 Å². The van der Waals surface area contributed by atoms with Crippen LogP contribution in [0.4, 0.5) is 0 Å². The molecule has 0 aromatic carbocycles. The number of unbranched alkanes of at least 4 members (excludes halogenated alkanes) is 2. The molecule has 88 valence electrons. The molecule has 0 atom stereocenters. The van der Waals surface area contributed by atoms with Crippen molar-refractivity contribution in [2.45, 2.75) is 32.6 Å². The molecule has 0 aliphatic rings. The van der Waals surface area contributed by atoms with E-state index in [1.54, 1.807) is 6.07 Å². The van der Waals surface area contributed by atoms with E-state index in [0.717, 1.165) is 25.7 Å². The van der Waals surface area contributed by atoms with Crippen LogP contribution in [0.15, 0.2) is 21.3 Å². The molecule has 1 aromatic heterocycles. The first-order valence-electron chi connectivity index (χ1n) is 5.54. The van der Waals surface area contributed by atoms with E-state index in [1.807, 2.05) is 0 Å². The number of carbonyl (C=O) groups is 1. The van der Waals surface area contributed by atoms with Crippen LogP contribution in [0.2, 0.25) is 0 Å². The monoisotopic (exact) mass is 223 g/mol. The van der Waals surface area contributed by atoms with Crippen molar-refractivity contribution in [1.82, 2.24) is 5.32 Å². The molecule has 1 N–H and O–H groups in total. The molecular weight excluding hydrogens is 206 g/mol. The maximum absolute atomic E-state index is 11.4. The van der Waals surface area contributed by atoms with E-state index in [-0.39, 0.29) is 5.56 Å². The SMILES string of the molecule is CCCCCc1ccc(C(=O)NC)c(=O)o1. The van der Waals surface area contributed by atoms with Crippen molar-refractivity contribution in [3.05, 3.63) is 33.9 Å². The van der Waals surface area contributed by atoms with Crippen molar-refractivity contribution in [2.75, 3.05) is 7.05 Å². The van der Waals surface area contributed by atoms with Gasteiger partial charge in [-0.15, -0.1) is 0 Å². The molecule has 0 bridgehead atoms. The minimum Gasteiger partial charge on any atom is -0.427 e. The van der Waals surface area contributed by atoms with Gasteiger partial charge < -0.3 is 9.73 Å². The van der Waals surface area contributed by atoms with Gasteiger partial charge in [-0.2, -0.15) is 0 Å². The third-order valence-corrected chi connectivity index (χ3v) is 2.38. The zero-order chi connectivity index (χ0) is 12.0. The fourth-order valence-corrected chi connectivity index (χ4v) is 1.44. The number of hydrogen-bond donors (Lipinski definition) is 1. The van der Waals surface area contributed by atoms with Crippen LogP contribution < -0.4 is 10.9 Å². The van der Waals surface area contributed by atoms with Crippen LogP contribution in [-0.4, -0.2) is 13.0 Å². The van der Waals surface area contributed by atoms with Gasteiger partial charge in [0.05, 0.1) is 0 Å². The van der Waals surface area contributed by atoms with Crippen LogP contribution in [-0.2, 0) is 6.42 Å². The Labute approximate surface area is 94.7 Å². The smallest absolute Gasteiger partial charge is 0.348 e. The van der Waals surface area contributed by atoms with Crippen LogP contribution in [0.1, 0.15) is 42.3 Å². The van der Waals surface area contributed by atoms with E-state index in [1.165, 1.54) is 13.1 Å². The third kappa shape index (κ3) is 3.22. The van der Waals surface area contributed by atoms with Gasteiger partial charge in [0.15, 0.2) is 0 Å². The molecule has 1 rings (SSSR count). The maximum Gasteiger partial charge on any atom is 0.348 e. The van der Waals surface area contributed by atoms with Gasteiger partial charge in [-0.1, -0.05) is 19.8 Å². The number of amides is 1. The van der Waals surface area contributed by atoms with Gasteiger partial charge in [0.25, 0.3) is 5.91 Å². The molecule has 0 aliphatic carbocycles. The largest absolute Gasteiger partial charge is 0.427 e. The Morgan fingerprint density at radius 1 is 1.38 bits per heavy atom. The van der Waals surface area contributed by atoms with Gasteiger partial charge in [-0.25, -0.2) is 4.79 Å². The molecule has 0 spiro atoms. The predicted octanol–water partition coefficient (Wildman–Crippen LogP) is 1.73. The fourth-order valence-electron chi connectivity index (χ4n) is 1.44. The number of nitrogens with one attached hydrogen (secondary N) is 1. The van der Waals surface area contributed by atoms with Crippen molar-refractivity contribution in [3.8, 4) is 0 Å². The highest BCUT2D eigenvalue weighted by Gasteiger charge is 2.10. The summed E-state index contributed by atoms with van der Waals surface area (Å²) in [6.45, 7) is 2.12. The third-order valence-electron chi connectivity index (χ3n) is 2.38. The summed E-state index contributed by atoms with van der Waals surface area (Å²) in [5, 5.41) is 2.39. The molecule has 4 nitrogen and oxygen atoms in total. The molecule has 4 heteroatoms. The van der Waals surface area contributed by atoms with Crippen molar-refractivity contribution in [1.29, 1.82) is 0 Å². The van der Waals surface area contributed by atoms with Gasteiger partial charge in [-0.3, -0.25) is 4.79 Å². The highest BCUT2D eigenvalue weighted by molar-refractivity contribution is 5.93. The second-order valence-corrected chi connectivity index (χ2v) is 3.64. The summed E-state index contributed by atoms with van der Waals surface area (Å²) in [4.78, 5) is 22.7. The topological polar surface area (TPSA) is 59.3 Å². The molecule has 16 heavy (non-hydrogen) atoms. The summed E-state index contributed by atoms with van der Waals surface area (Å²) in [5.41, 5.74) is -0.505. The Morgan fingerprint density at radius 3 is 2.69 bits per heavy atom. The summed E-state index contributed by atoms with van der Waals surface area (Å²) in [7, 11) is 1.48. The molecule has 1 aromatic rings. The summed E-state index contributed by atoms with van der Waals surface area (Å²) in [6.07, 6.45) is 3.98. The first-order chi connectivity index (χ1) is 7.69. The summed E-state index contributed by atoms with van der Waals surface area (Å²) < 4.78 is 5.06. The van der Waals surface area contributed by atoms with Gasteiger partial charge in [0.2, 0.25) is 0 Å². The Balaban J connectivity index is 2.75. The molecule has 0 saturated heterocycles. The van der Waals surface area contributed by atoms with Crippen LogP contribution in [0, 0.1) is 0 Å². The van der Waals surface area contributed by atoms with E-state index in [9.17, 15) is 9.59 Å². The lowest BCUT2D eigenvalue weighted by Gasteiger charge is -2.01. The molecule has 0 radical (unpaired) electrons. The van der Waals surface area contributed by atoms with Gasteiger partial charge in [0, 0.05) is 13.5 Å². The fraction of sp³-hybridized carbons (Fsp3) is 0.500. The van der Waals surface area contributed by atoms with Crippen molar-refractivity contribution < 1.29 is 9.21 Å². The molecule has 0 unspecified atom stereocenters. The van der Waals surface area contributed by atoms with E-state index in [0.29, 0.717) is 5.76 Å². The molecular formula is C12H17NO3. The summed E-state index contributed by atoms with van der Waals surface area (Å²) in [6, 6.07) is 3.22. The quantitative estimate of drug-likeness (QED) is 0.773. The average molecular weight is 223 g/mol. The normalized spacial score (nSPS) is 10.1. The predicted molar refractivity (Wildman–Crippen MR) is 61.6 cm³/mol. The standard InChI is InChI=1S/C12H17NO3/c1-3-4-5-6-9-7-8-10(11(14)13-2)12(15)16-9/h7-8H,3-6H2,1-2H3,(H,13,14). The highest BCUT2D eigenvalue weighted by Crippen LogP contribution is 2.05. The van der Waals surface area contributed by atoms with Crippen molar-refractivity contribution in [2.24, 2.45) is 0 Å². The van der Waals surface area contributed by atoms with E-state index in [2.05, 4.69) is 12.2 Å². The van der Waals surface area contributed by atoms with Crippen molar-refractivity contribution in [3.63, 3.8) is 0 Å². The average Bonchev–Trinajstić information content (AvgIpc) is 2.29. The molecule has 0 saturated carbocycles. The van der Waals surface area contributed by atoms with E-state index >= 15 is 0 Å². The minimum absolute atomic E-state index is 0.0572. The molecule has 1 amide bonds. The Hall–Kier alpha value is -1.58. The zero-order valence-corrected chi connectivity index (χ0v) is 9.71. The second-order valence-electron chi connectivity index (χ2n) is 3.64. The Kier molecular flexibility index (Phi) is 4.76. The van der Waals surface area contributed by atoms with Crippen LogP contribution in [0.3, 0.4) is 0 Å². The lowest BCUT2D eigenvalue weighted by molar-refractivity contribution is 0.0959. The summed E-state index contributed by atoms with van der Waals surface area (Å²) in [5.74, 6) is 0.236. The number of rotatable bonds is 5. The number of hydrogen-bond acceptors (Lipinski definition) is 3. The maximum atomic E-state index is 11.4. The van der Waals surface area contributed by atoms with Crippen LogP contribution in [0.25, 0.3) is 0 Å². The Bertz CT molecular complexity index is 409. The summed E-state index contributed by atoms with van der Waals surface area (Å²) >= 11 is 0. The van der Waals surface area contributed by atoms with E-state index in [4.69, 9.17) is 4.42 Å². The van der Waals surface area contributed by atoms with Crippen LogP contribution >= 0.6 is 0 Å². The lowest BCUT2D eigenvalue weighted by Crippen LogP contribution is -2.24. The van der Waals surface area contributed by atoms with Gasteiger partial charge in [-0.05, 0) is 18.6 Å². The second kappa shape index (κ2) is 6.10. The first kappa shape index (κ1) is 12.5. The van der Waals surface area contributed by atoms with Crippen LogP contribution in [0.5, 0.6) is 0 Å². The minimum atomic E-state index is -0.562. The Morgan fingerprint density at radius 2 is 2.12 bits per heavy atom. The van der Waals surface area contributed by atoms with Gasteiger partial charge >= 0.3 is 5.63 Å². The molecule has 1 heterocycles. The lowest BCUT2D eigenvalue weighted by atomic mass is 10.1.